The summed E-state index contributed by atoms with van der Waals surface area (Å²) in [6.07, 6.45) is 10.0. The topological polar surface area (TPSA) is 24.4 Å². The molecule has 1 rings (SSSR count). The van der Waals surface area contributed by atoms with Crippen LogP contribution in [0.15, 0.2) is 41.2 Å². The van der Waals surface area contributed by atoms with Crippen LogP contribution in [0.1, 0.15) is 19.8 Å². The van der Waals surface area contributed by atoms with Crippen LogP contribution in [0, 0.1) is 0 Å². The summed E-state index contributed by atoms with van der Waals surface area (Å²) in [7, 11) is 0. The van der Waals surface area contributed by atoms with Gasteiger partial charge in [0, 0.05) is 18.3 Å². The fraction of sp³-hybridized carbons (Fsp3) is 0.364. The summed E-state index contributed by atoms with van der Waals surface area (Å²) in [6.45, 7) is 6.74. The molecule has 0 aromatic rings. The van der Waals surface area contributed by atoms with E-state index >= 15 is 0 Å². The number of nitrogens with zero attached hydrogens (tertiary/aromatic N) is 1. The van der Waals surface area contributed by atoms with E-state index in [0.29, 0.717) is 0 Å². The van der Waals surface area contributed by atoms with E-state index in [1.807, 2.05) is 18.4 Å². The fourth-order valence-corrected chi connectivity index (χ4v) is 1.09. The van der Waals surface area contributed by atoms with E-state index in [0.717, 1.165) is 30.8 Å². The predicted molar refractivity (Wildman–Crippen MR) is 57.8 cm³/mol. The minimum atomic E-state index is 0.857. The highest BCUT2D eigenvalue weighted by molar-refractivity contribution is 5.59. The molecule has 1 aliphatic heterocycles. The molecule has 70 valence electrons. The minimum Gasteiger partial charge on any atom is -0.366 e. The Kier molecular flexibility index (Phi) is 4.03. The van der Waals surface area contributed by atoms with Crippen LogP contribution in [0.2, 0.25) is 0 Å². The maximum Gasteiger partial charge on any atom is 0.133 e. The van der Waals surface area contributed by atoms with Gasteiger partial charge < -0.3 is 5.32 Å². The van der Waals surface area contributed by atoms with E-state index in [1.165, 1.54) is 0 Å². The van der Waals surface area contributed by atoms with Crippen LogP contribution < -0.4 is 5.32 Å². The number of aliphatic imine (C=N–C) groups is 1. The molecule has 0 unspecified atom stereocenters. The molecule has 0 saturated heterocycles. The van der Waals surface area contributed by atoms with Crippen molar-refractivity contribution in [3.05, 3.63) is 36.2 Å². The Morgan fingerprint density at radius 2 is 2.54 bits per heavy atom. The maximum absolute atomic E-state index is 4.35. The van der Waals surface area contributed by atoms with Crippen molar-refractivity contribution in [1.29, 1.82) is 0 Å². The highest BCUT2D eigenvalue weighted by atomic mass is 15.0. The van der Waals surface area contributed by atoms with Crippen LogP contribution in [0.3, 0.4) is 0 Å². The van der Waals surface area contributed by atoms with Crippen molar-refractivity contribution in [3.8, 4) is 0 Å². The highest BCUT2D eigenvalue weighted by Crippen LogP contribution is 2.09. The highest BCUT2D eigenvalue weighted by Gasteiger charge is 2.01. The van der Waals surface area contributed by atoms with Crippen molar-refractivity contribution < 1.29 is 0 Å². The number of allylic oxidation sites excluding steroid dienone is 3. The van der Waals surface area contributed by atoms with Gasteiger partial charge in [0.1, 0.15) is 5.82 Å². The molecule has 0 radical (unpaired) electrons. The van der Waals surface area contributed by atoms with Gasteiger partial charge in [-0.15, -0.1) is 0 Å². The first-order valence-electron chi connectivity index (χ1n) is 4.68. The third kappa shape index (κ3) is 2.90. The van der Waals surface area contributed by atoms with Crippen LogP contribution in [0.25, 0.3) is 0 Å². The summed E-state index contributed by atoms with van der Waals surface area (Å²) >= 11 is 0. The lowest BCUT2D eigenvalue weighted by atomic mass is 10.2. The van der Waals surface area contributed by atoms with Crippen molar-refractivity contribution >= 4 is 6.21 Å². The molecule has 0 amide bonds. The summed E-state index contributed by atoms with van der Waals surface area (Å²) < 4.78 is 0. The second-order valence-electron chi connectivity index (χ2n) is 2.89. The van der Waals surface area contributed by atoms with Crippen molar-refractivity contribution in [2.75, 3.05) is 6.54 Å². The molecule has 0 spiro atoms. The van der Waals surface area contributed by atoms with Crippen LogP contribution >= 0.6 is 0 Å². The zero-order valence-corrected chi connectivity index (χ0v) is 8.09. The number of hydrogen-bond acceptors (Lipinski definition) is 2. The lowest BCUT2D eigenvalue weighted by Gasteiger charge is -2.11. The van der Waals surface area contributed by atoms with E-state index < -0.39 is 0 Å². The quantitative estimate of drug-likeness (QED) is 0.653. The van der Waals surface area contributed by atoms with Crippen molar-refractivity contribution in [2.24, 2.45) is 4.99 Å². The molecule has 1 aliphatic rings. The van der Waals surface area contributed by atoms with E-state index in [2.05, 4.69) is 29.9 Å². The Morgan fingerprint density at radius 3 is 3.23 bits per heavy atom. The SMILES string of the molecule is C=CC1=C(/N=C\CCC)NCC=C1. The first-order chi connectivity index (χ1) is 6.38. The summed E-state index contributed by atoms with van der Waals surface area (Å²) in [5.74, 6) is 0.936. The molecule has 0 fully saturated rings. The number of hydrogen-bond donors (Lipinski definition) is 1. The maximum atomic E-state index is 4.35. The molecule has 0 aromatic carbocycles. The second-order valence-corrected chi connectivity index (χ2v) is 2.89. The average Bonchev–Trinajstić information content (AvgIpc) is 2.19. The Hall–Kier alpha value is -1.31. The predicted octanol–water partition coefficient (Wildman–Crippen LogP) is 2.41. The summed E-state index contributed by atoms with van der Waals surface area (Å²) in [5, 5.41) is 3.20. The molecule has 1 heterocycles. The molecule has 0 bridgehead atoms. The van der Waals surface area contributed by atoms with Gasteiger partial charge in [0.15, 0.2) is 0 Å². The van der Waals surface area contributed by atoms with Crippen LogP contribution in [0.4, 0.5) is 0 Å². The molecule has 0 atom stereocenters. The molecule has 13 heavy (non-hydrogen) atoms. The van der Waals surface area contributed by atoms with Gasteiger partial charge in [-0.1, -0.05) is 38.2 Å². The number of dihydropyridines is 1. The lowest BCUT2D eigenvalue weighted by molar-refractivity contribution is 0.861. The molecule has 0 saturated carbocycles. The van der Waals surface area contributed by atoms with Crippen molar-refractivity contribution in [2.45, 2.75) is 19.8 Å². The largest absolute Gasteiger partial charge is 0.366 e. The second kappa shape index (κ2) is 5.36. The van der Waals surface area contributed by atoms with Crippen LogP contribution in [-0.2, 0) is 0 Å². The monoisotopic (exact) mass is 176 g/mol. The average molecular weight is 176 g/mol. The summed E-state index contributed by atoms with van der Waals surface area (Å²) in [5.41, 5.74) is 1.07. The smallest absolute Gasteiger partial charge is 0.133 e. The molecular weight excluding hydrogens is 160 g/mol. The first kappa shape index (κ1) is 9.78. The van der Waals surface area contributed by atoms with Gasteiger partial charge in [0.05, 0.1) is 0 Å². The van der Waals surface area contributed by atoms with Gasteiger partial charge in [-0.3, -0.25) is 0 Å². The van der Waals surface area contributed by atoms with Gasteiger partial charge >= 0.3 is 0 Å². The van der Waals surface area contributed by atoms with E-state index in [4.69, 9.17) is 0 Å². The zero-order chi connectivity index (χ0) is 9.52. The Balaban J connectivity index is 2.68. The van der Waals surface area contributed by atoms with Crippen LogP contribution in [-0.4, -0.2) is 12.8 Å². The molecule has 2 heteroatoms. The van der Waals surface area contributed by atoms with Gasteiger partial charge in [-0.05, 0) is 6.42 Å². The Bertz CT molecular complexity index is 259. The van der Waals surface area contributed by atoms with Crippen molar-refractivity contribution in [3.63, 3.8) is 0 Å². The summed E-state index contributed by atoms with van der Waals surface area (Å²) in [4.78, 5) is 4.35. The molecular formula is C11H16N2. The molecule has 2 nitrogen and oxygen atoms in total. The number of rotatable bonds is 4. The van der Waals surface area contributed by atoms with Crippen LogP contribution in [0.5, 0.6) is 0 Å². The third-order valence-corrected chi connectivity index (χ3v) is 1.82. The van der Waals surface area contributed by atoms with E-state index in [-0.39, 0.29) is 0 Å². The molecule has 1 N–H and O–H groups in total. The van der Waals surface area contributed by atoms with Gasteiger partial charge in [0.25, 0.3) is 0 Å². The number of nitrogens with one attached hydrogen (secondary N) is 1. The molecule has 0 aliphatic carbocycles. The van der Waals surface area contributed by atoms with E-state index in [9.17, 15) is 0 Å². The van der Waals surface area contributed by atoms with Gasteiger partial charge in [-0.2, -0.15) is 0 Å². The first-order valence-corrected chi connectivity index (χ1v) is 4.68. The Morgan fingerprint density at radius 1 is 1.69 bits per heavy atom. The lowest BCUT2D eigenvalue weighted by Crippen LogP contribution is -2.16. The van der Waals surface area contributed by atoms with Crippen molar-refractivity contribution in [1.82, 2.24) is 5.32 Å². The zero-order valence-electron chi connectivity index (χ0n) is 8.09. The van der Waals surface area contributed by atoms with Gasteiger partial charge in [-0.25, -0.2) is 4.99 Å². The minimum absolute atomic E-state index is 0.857. The number of unbranched alkanes of at least 4 members (excludes halogenated alkanes) is 1. The van der Waals surface area contributed by atoms with E-state index in [1.54, 1.807) is 0 Å². The normalized spacial score (nSPS) is 16.4. The summed E-state index contributed by atoms with van der Waals surface area (Å²) in [6, 6.07) is 0. The standard InChI is InChI=1S/C11H16N2/c1-3-5-8-12-11-10(4-2)7-6-9-13-11/h4,6-8,13H,2-3,5,9H2,1H3/b12-8-. The third-order valence-electron chi connectivity index (χ3n) is 1.82. The fourth-order valence-electron chi connectivity index (χ4n) is 1.09. The van der Waals surface area contributed by atoms with Gasteiger partial charge in [0.2, 0.25) is 0 Å². The Labute approximate surface area is 79.8 Å². The molecule has 0 aromatic heterocycles.